The lowest BCUT2D eigenvalue weighted by atomic mass is 10.1. The van der Waals surface area contributed by atoms with Gasteiger partial charge in [0.05, 0.1) is 5.69 Å². The molecule has 0 atom stereocenters. The molecule has 1 aromatic carbocycles. The van der Waals surface area contributed by atoms with Gasteiger partial charge in [-0.15, -0.1) is 0 Å². The Labute approximate surface area is 162 Å². The molecule has 5 aromatic rings. The van der Waals surface area contributed by atoms with Crippen molar-refractivity contribution in [2.24, 2.45) is 0 Å². The van der Waals surface area contributed by atoms with Crippen LogP contribution in [0.3, 0.4) is 0 Å². The Morgan fingerprint density at radius 3 is 2.68 bits per heavy atom. The Kier molecular flexibility index (Phi) is 3.91. The van der Waals surface area contributed by atoms with Crippen LogP contribution in [0.4, 0.5) is 0 Å². The fourth-order valence-corrected chi connectivity index (χ4v) is 3.56. The molecule has 4 heterocycles. The fourth-order valence-electron chi connectivity index (χ4n) is 3.56. The summed E-state index contributed by atoms with van der Waals surface area (Å²) in [7, 11) is 4.11. The van der Waals surface area contributed by atoms with Crippen molar-refractivity contribution in [1.29, 1.82) is 0 Å². The van der Waals surface area contributed by atoms with E-state index in [0.717, 1.165) is 45.6 Å². The van der Waals surface area contributed by atoms with E-state index in [2.05, 4.69) is 74.5 Å². The molecule has 4 aromatic heterocycles. The number of para-hydroxylation sites is 1. The lowest BCUT2D eigenvalue weighted by Crippen LogP contribution is -2.10. The number of nitrogens with one attached hydrogen (secondary N) is 2. The van der Waals surface area contributed by atoms with Gasteiger partial charge >= 0.3 is 0 Å². The number of nitrogens with zero attached hydrogens (tertiary/aromatic N) is 4. The number of aromatic amines is 2. The summed E-state index contributed by atoms with van der Waals surface area (Å²) >= 11 is 0. The standard InChI is InChI=1S/C22H20N6/c1-28(2)13-14-7-16(11-23-10-14)17-8-18-21(26-27-22(18)24-12-17)20-9-15-5-3-4-6-19(15)25-20/h3-12,25H,13H2,1-2H3,(H,24,26,27). The smallest absolute Gasteiger partial charge is 0.155 e. The van der Waals surface area contributed by atoms with Crippen LogP contribution in [0.15, 0.2) is 61.1 Å². The molecule has 0 radical (unpaired) electrons. The monoisotopic (exact) mass is 368 g/mol. The lowest BCUT2D eigenvalue weighted by molar-refractivity contribution is 0.402. The minimum absolute atomic E-state index is 0.773. The number of aromatic nitrogens is 5. The maximum Gasteiger partial charge on any atom is 0.155 e. The van der Waals surface area contributed by atoms with Gasteiger partial charge in [-0.1, -0.05) is 18.2 Å². The van der Waals surface area contributed by atoms with E-state index >= 15 is 0 Å². The van der Waals surface area contributed by atoms with Crippen molar-refractivity contribution in [3.8, 4) is 22.5 Å². The normalized spacial score (nSPS) is 11.7. The molecule has 28 heavy (non-hydrogen) atoms. The van der Waals surface area contributed by atoms with Gasteiger partial charge in [-0.2, -0.15) is 5.10 Å². The van der Waals surface area contributed by atoms with Crippen molar-refractivity contribution in [3.05, 3.63) is 66.6 Å². The summed E-state index contributed by atoms with van der Waals surface area (Å²) in [5.74, 6) is 0. The topological polar surface area (TPSA) is 73.5 Å². The minimum Gasteiger partial charge on any atom is -0.353 e. The molecule has 0 amide bonds. The number of H-pyrrole nitrogens is 2. The molecule has 138 valence electrons. The zero-order valence-electron chi connectivity index (χ0n) is 15.8. The third kappa shape index (κ3) is 2.93. The highest BCUT2D eigenvalue weighted by molar-refractivity contribution is 5.95. The van der Waals surface area contributed by atoms with E-state index in [-0.39, 0.29) is 0 Å². The van der Waals surface area contributed by atoms with Gasteiger partial charge < -0.3 is 9.88 Å². The van der Waals surface area contributed by atoms with Gasteiger partial charge in [-0.25, -0.2) is 4.98 Å². The van der Waals surface area contributed by atoms with Gasteiger partial charge in [0.2, 0.25) is 0 Å². The molecule has 0 fully saturated rings. The summed E-state index contributed by atoms with van der Waals surface area (Å²) in [5.41, 5.74) is 6.97. The molecule has 0 saturated heterocycles. The second-order valence-corrected chi connectivity index (χ2v) is 7.28. The zero-order chi connectivity index (χ0) is 19.1. The van der Waals surface area contributed by atoms with Crippen LogP contribution in [-0.2, 0) is 6.54 Å². The maximum atomic E-state index is 4.58. The highest BCUT2D eigenvalue weighted by Gasteiger charge is 2.13. The quantitative estimate of drug-likeness (QED) is 0.498. The van der Waals surface area contributed by atoms with E-state index in [1.165, 1.54) is 10.9 Å². The van der Waals surface area contributed by atoms with Crippen molar-refractivity contribution < 1.29 is 0 Å². The molecule has 0 saturated carbocycles. The van der Waals surface area contributed by atoms with Crippen molar-refractivity contribution in [3.63, 3.8) is 0 Å². The van der Waals surface area contributed by atoms with E-state index in [1.54, 1.807) is 0 Å². The Hall–Kier alpha value is -3.51. The Morgan fingerprint density at radius 1 is 0.964 bits per heavy atom. The molecule has 0 unspecified atom stereocenters. The lowest BCUT2D eigenvalue weighted by Gasteiger charge is -2.10. The van der Waals surface area contributed by atoms with Crippen molar-refractivity contribution >= 4 is 21.9 Å². The summed E-state index contributed by atoms with van der Waals surface area (Å²) in [4.78, 5) is 14.6. The zero-order valence-corrected chi connectivity index (χ0v) is 15.8. The van der Waals surface area contributed by atoms with Crippen LogP contribution in [0.5, 0.6) is 0 Å². The number of hydrogen-bond acceptors (Lipinski definition) is 4. The van der Waals surface area contributed by atoms with Crippen LogP contribution in [0.1, 0.15) is 5.56 Å². The summed E-state index contributed by atoms with van der Waals surface area (Å²) in [6, 6.07) is 14.6. The van der Waals surface area contributed by atoms with Crippen LogP contribution in [0.2, 0.25) is 0 Å². The molecule has 6 nitrogen and oxygen atoms in total. The summed E-state index contributed by atoms with van der Waals surface area (Å²) in [6.45, 7) is 0.850. The summed E-state index contributed by atoms with van der Waals surface area (Å²) in [5, 5.41) is 9.71. The largest absolute Gasteiger partial charge is 0.353 e. The SMILES string of the molecule is CN(C)Cc1cncc(-c2cnc3[nH]nc(-c4cc5ccccc5[nH]4)c3c2)c1. The number of fused-ring (bicyclic) bond motifs is 2. The Balaban J connectivity index is 1.60. The average Bonchev–Trinajstić information content (AvgIpc) is 3.30. The predicted molar refractivity (Wildman–Crippen MR) is 112 cm³/mol. The highest BCUT2D eigenvalue weighted by atomic mass is 15.2. The van der Waals surface area contributed by atoms with Crippen molar-refractivity contribution in [1.82, 2.24) is 30.0 Å². The molecular formula is C22H20N6. The molecule has 5 rings (SSSR count). The maximum absolute atomic E-state index is 4.58. The molecule has 0 bridgehead atoms. The van der Waals surface area contributed by atoms with Gasteiger partial charge in [-0.3, -0.25) is 10.1 Å². The first-order valence-corrected chi connectivity index (χ1v) is 9.19. The van der Waals surface area contributed by atoms with Gasteiger partial charge in [0.25, 0.3) is 0 Å². The third-order valence-corrected chi connectivity index (χ3v) is 4.83. The van der Waals surface area contributed by atoms with Crippen LogP contribution in [0.25, 0.3) is 44.5 Å². The average molecular weight is 368 g/mol. The molecule has 2 N–H and O–H groups in total. The highest BCUT2D eigenvalue weighted by Crippen LogP contribution is 2.30. The number of rotatable bonds is 4. The predicted octanol–water partition coefficient (Wildman–Crippen LogP) is 4.23. The number of pyridine rings is 2. The number of hydrogen-bond donors (Lipinski definition) is 2. The summed E-state index contributed by atoms with van der Waals surface area (Å²) in [6.07, 6.45) is 5.65. The van der Waals surface area contributed by atoms with Crippen LogP contribution in [-0.4, -0.2) is 44.1 Å². The Bertz CT molecular complexity index is 1250. The first-order valence-electron chi connectivity index (χ1n) is 9.19. The van der Waals surface area contributed by atoms with E-state index in [0.29, 0.717) is 0 Å². The van der Waals surface area contributed by atoms with Crippen molar-refractivity contribution in [2.75, 3.05) is 14.1 Å². The molecule has 6 heteroatoms. The molecule has 0 aliphatic carbocycles. The van der Waals surface area contributed by atoms with Gasteiger partial charge in [0, 0.05) is 52.6 Å². The second-order valence-electron chi connectivity index (χ2n) is 7.28. The molecule has 0 aliphatic rings. The van der Waals surface area contributed by atoms with Crippen LogP contribution in [0, 0.1) is 0 Å². The first kappa shape index (κ1) is 16.6. The van der Waals surface area contributed by atoms with E-state index in [1.807, 2.05) is 30.7 Å². The Morgan fingerprint density at radius 2 is 1.82 bits per heavy atom. The first-order chi connectivity index (χ1) is 13.7. The van der Waals surface area contributed by atoms with E-state index in [4.69, 9.17) is 0 Å². The molecular weight excluding hydrogens is 348 g/mol. The van der Waals surface area contributed by atoms with Crippen molar-refractivity contribution in [2.45, 2.75) is 6.54 Å². The fraction of sp³-hybridized carbons (Fsp3) is 0.136. The van der Waals surface area contributed by atoms with Crippen LogP contribution >= 0.6 is 0 Å². The summed E-state index contributed by atoms with van der Waals surface area (Å²) < 4.78 is 0. The van der Waals surface area contributed by atoms with Gasteiger partial charge in [-0.05, 0) is 43.9 Å². The van der Waals surface area contributed by atoms with Gasteiger partial charge in [0.15, 0.2) is 5.65 Å². The third-order valence-electron chi connectivity index (χ3n) is 4.83. The molecule has 0 spiro atoms. The second kappa shape index (κ2) is 6.58. The van der Waals surface area contributed by atoms with Gasteiger partial charge in [0.1, 0.15) is 5.69 Å². The van der Waals surface area contributed by atoms with Crippen LogP contribution < -0.4 is 0 Å². The van der Waals surface area contributed by atoms with E-state index in [9.17, 15) is 0 Å². The number of benzene rings is 1. The molecule has 0 aliphatic heterocycles. The van der Waals surface area contributed by atoms with E-state index < -0.39 is 0 Å². The minimum atomic E-state index is 0.773.